The van der Waals surface area contributed by atoms with Crippen molar-refractivity contribution in [3.05, 3.63) is 31.8 Å². The number of nitrogens with zero attached hydrogens (tertiary/aromatic N) is 2. The first-order valence-corrected chi connectivity index (χ1v) is 6.30. The predicted molar refractivity (Wildman–Crippen MR) is 69.9 cm³/mol. The zero-order chi connectivity index (χ0) is 12.6. The van der Waals surface area contributed by atoms with Crippen molar-refractivity contribution in [2.75, 3.05) is 18.8 Å². The average Bonchev–Trinajstić information content (AvgIpc) is 2.32. The lowest BCUT2D eigenvalue weighted by Gasteiger charge is -2.29. The van der Waals surface area contributed by atoms with Crippen molar-refractivity contribution < 1.29 is 4.92 Å². The standard InChI is InChI=1S/C11H14BrN3O2/c1-2-14-4-3-7-8(6-14)11(13)10(15(16)17)5-9(7)12/h5H,2-4,6,13H2,1H3. The van der Waals surface area contributed by atoms with Crippen LogP contribution in [0.1, 0.15) is 18.1 Å². The van der Waals surface area contributed by atoms with Crippen LogP contribution < -0.4 is 5.73 Å². The van der Waals surface area contributed by atoms with E-state index < -0.39 is 4.92 Å². The molecule has 0 fully saturated rings. The number of fused-ring (bicyclic) bond motifs is 1. The van der Waals surface area contributed by atoms with Crippen molar-refractivity contribution in [2.45, 2.75) is 19.9 Å². The molecule has 1 aliphatic heterocycles. The third kappa shape index (κ3) is 2.14. The molecule has 0 spiro atoms. The van der Waals surface area contributed by atoms with Gasteiger partial charge in [-0.3, -0.25) is 15.0 Å². The molecule has 1 heterocycles. The topological polar surface area (TPSA) is 72.4 Å². The number of hydrogen-bond acceptors (Lipinski definition) is 4. The minimum absolute atomic E-state index is 0.00595. The Morgan fingerprint density at radius 2 is 2.29 bits per heavy atom. The van der Waals surface area contributed by atoms with Gasteiger partial charge in [-0.05, 0) is 18.5 Å². The summed E-state index contributed by atoms with van der Waals surface area (Å²) in [5.74, 6) is 0. The van der Waals surface area contributed by atoms with E-state index in [1.165, 1.54) is 6.07 Å². The van der Waals surface area contributed by atoms with Crippen LogP contribution in [-0.4, -0.2) is 22.9 Å². The Morgan fingerprint density at radius 1 is 1.59 bits per heavy atom. The Labute approximate surface area is 108 Å². The third-order valence-corrected chi connectivity index (χ3v) is 3.93. The van der Waals surface area contributed by atoms with Gasteiger partial charge in [-0.25, -0.2) is 0 Å². The normalized spacial score (nSPS) is 15.6. The molecule has 0 aliphatic carbocycles. The van der Waals surface area contributed by atoms with E-state index in [0.29, 0.717) is 12.2 Å². The summed E-state index contributed by atoms with van der Waals surface area (Å²) in [7, 11) is 0. The number of nitrogens with two attached hydrogens (primary N) is 1. The fourth-order valence-corrected chi connectivity index (χ4v) is 2.85. The summed E-state index contributed by atoms with van der Waals surface area (Å²) >= 11 is 3.40. The molecule has 1 aromatic carbocycles. The first-order chi connectivity index (χ1) is 8.04. The molecule has 5 nitrogen and oxygen atoms in total. The van der Waals surface area contributed by atoms with Crippen molar-refractivity contribution in [2.24, 2.45) is 0 Å². The van der Waals surface area contributed by atoms with Gasteiger partial charge in [-0.15, -0.1) is 0 Å². The SMILES string of the molecule is CCN1CCc2c(Br)cc([N+](=O)[O-])c(N)c2C1. The van der Waals surface area contributed by atoms with Gasteiger partial charge >= 0.3 is 0 Å². The summed E-state index contributed by atoms with van der Waals surface area (Å²) in [6.07, 6.45) is 0.881. The van der Waals surface area contributed by atoms with Crippen LogP contribution in [0.15, 0.2) is 10.5 Å². The summed E-state index contributed by atoms with van der Waals surface area (Å²) < 4.78 is 0.796. The molecule has 6 heteroatoms. The smallest absolute Gasteiger partial charge is 0.293 e. The van der Waals surface area contributed by atoms with E-state index in [-0.39, 0.29) is 5.69 Å². The maximum Gasteiger partial charge on any atom is 0.293 e. The molecular weight excluding hydrogens is 286 g/mol. The molecule has 2 N–H and O–H groups in total. The lowest BCUT2D eigenvalue weighted by atomic mass is 9.97. The second kappa shape index (κ2) is 4.62. The fraction of sp³-hybridized carbons (Fsp3) is 0.455. The maximum atomic E-state index is 10.9. The Hall–Kier alpha value is -1.14. The van der Waals surface area contributed by atoms with Crippen LogP contribution in [0.2, 0.25) is 0 Å². The number of benzene rings is 1. The summed E-state index contributed by atoms with van der Waals surface area (Å²) in [4.78, 5) is 12.7. The maximum absolute atomic E-state index is 10.9. The predicted octanol–water partition coefficient (Wildman–Crippen LogP) is 2.32. The zero-order valence-corrected chi connectivity index (χ0v) is 11.2. The minimum atomic E-state index is -0.425. The van der Waals surface area contributed by atoms with E-state index >= 15 is 0 Å². The highest BCUT2D eigenvalue weighted by Gasteiger charge is 2.25. The Kier molecular flexibility index (Phi) is 3.35. The Bertz CT molecular complexity index is 476. The number of nitrogen functional groups attached to an aromatic ring is 1. The van der Waals surface area contributed by atoms with E-state index in [1.807, 2.05) is 0 Å². The van der Waals surface area contributed by atoms with Crippen molar-refractivity contribution in [3.63, 3.8) is 0 Å². The van der Waals surface area contributed by atoms with E-state index in [1.54, 1.807) is 0 Å². The van der Waals surface area contributed by atoms with E-state index in [2.05, 4.69) is 27.8 Å². The molecule has 0 unspecified atom stereocenters. The molecule has 0 radical (unpaired) electrons. The number of anilines is 1. The molecule has 17 heavy (non-hydrogen) atoms. The van der Waals surface area contributed by atoms with E-state index in [0.717, 1.165) is 35.1 Å². The van der Waals surface area contributed by atoms with Gasteiger partial charge in [0.15, 0.2) is 0 Å². The van der Waals surface area contributed by atoms with Crippen LogP contribution in [0.4, 0.5) is 11.4 Å². The summed E-state index contributed by atoms with van der Waals surface area (Å²) in [5, 5.41) is 10.9. The molecule has 0 aromatic heterocycles. The highest BCUT2D eigenvalue weighted by atomic mass is 79.9. The van der Waals surface area contributed by atoms with E-state index in [9.17, 15) is 10.1 Å². The Balaban J connectivity index is 2.54. The molecule has 2 rings (SSSR count). The highest BCUT2D eigenvalue weighted by molar-refractivity contribution is 9.10. The fourth-order valence-electron chi connectivity index (χ4n) is 2.19. The molecule has 1 aliphatic rings. The number of halogens is 1. The van der Waals surface area contributed by atoms with Gasteiger partial charge in [0.2, 0.25) is 0 Å². The largest absolute Gasteiger partial charge is 0.393 e. The van der Waals surface area contributed by atoms with Gasteiger partial charge in [-0.2, -0.15) is 0 Å². The first-order valence-electron chi connectivity index (χ1n) is 5.51. The first kappa shape index (κ1) is 12.3. The van der Waals surface area contributed by atoms with Gasteiger partial charge in [0.05, 0.1) is 4.92 Å². The van der Waals surface area contributed by atoms with E-state index in [4.69, 9.17) is 5.73 Å². The van der Waals surface area contributed by atoms with Gasteiger partial charge in [0.1, 0.15) is 5.69 Å². The zero-order valence-electron chi connectivity index (χ0n) is 9.57. The van der Waals surface area contributed by atoms with Crippen LogP contribution >= 0.6 is 15.9 Å². The van der Waals surface area contributed by atoms with Crippen molar-refractivity contribution in [1.82, 2.24) is 4.90 Å². The third-order valence-electron chi connectivity index (χ3n) is 3.22. The van der Waals surface area contributed by atoms with Crippen molar-refractivity contribution in [1.29, 1.82) is 0 Å². The van der Waals surface area contributed by atoms with Crippen LogP contribution in [0, 0.1) is 10.1 Å². The second-order valence-corrected chi connectivity index (χ2v) is 4.98. The van der Waals surface area contributed by atoms with Crippen LogP contribution in [0.5, 0.6) is 0 Å². The summed E-state index contributed by atoms with van der Waals surface area (Å²) in [5.41, 5.74) is 8.22. The van der Waals surface area contributed by atoms with Crippen molar-refractivity contribution >= 4 is 27.3 Å². The number of hydrogen-bond donors (Lipinski definition) is 1. The van der Waals surface area contributed by atoms with Gasteiger partial charge in [-0.1, -0.05) is 22.9 Å². The highest BCUT2D eigenvalue weighted by Crippen LogP contribution is 2.37. The minimum Gasteiger partial charge on any atom is -0.393 e. The number of nitro groups is 1. The van der Waals surface area contributed by atoms with Gasteiger partial charge in [0, 0.05) is 29.2 Å². The monoisotopic (exact) mass is 299 g/mol. The molecule has 1 aromatic rings. The van der Waals surface area contributed by atoms with Gasteiger partial charge < -0.3 is 5.73 Å². The molecule has 0 saturated heterocycles. The molecule has 92 valence electrons. The molecule has 0 amide bonds. The average molecular weight is 300 g/mol. The number of nitro benzene ring substituents is 1. The second-order valence-electron chi connectivity index (χ2n) is 4.12. The molecule has 0 saturated carbocycles. The van der Waals surface area contributed by atoms with Gasteiger partial charge in [0.25, 0.3) is 5.69 Å². The number of rotatable bonds is 2. The van der Waals surface area contributed by atoms with Crippen molar-refractivity contribution in [3.8, 4) is 0 Å². The summed E-state index contributed by atoms with van der Waals surface area (Å²) in [6, 6.07) is 1.51. The molecule has 0 atom stereocenters. The lowest BCUT2D eigenvalue weighted by molar-refractivity contribution is -0.384. The van der Waals surface area contributed by atoms with Crippen LogP contribution in [0.3, 0.4) is 0 Å². The molecular formula is C11H14BrN3O2. The Morgan fingerprint density at radius 3 is 2.88 bits per heavy atom. The quantitative estimate of drug-likeness (QED) is 0.517. The lowest BCUT2D eigenvalue weighted by Crippen LogP contribution is -2.31. The van der Waals surface area contributed by atoms with Crippen LogP contribution in [-0.2, 0) is 13.0 Å². The summed E-state index contributed by atoms with van der Waals surface area (Å²) in [6.45, 7) is 4.67. The van der Waals surface area contributed by atoms with Crippen LogP contribution in [0.25, 0.3) is 0 Å². The molecule has 0 bridgehead atoms. The number of likely N-dealkylation sites (N-methyl/N-ethyl adjacent to an activating group) is 1.